The first-order valence-corrected chi connectivity index (χ1v) is 17.4. The van der Waals surface area contributed by atoms with Crippen LogP contribution in [0.3, 0.4) is 0 Å². The molecule has 0 saturated heterocycles. The molecule has 0 bridgehead atoms. The van der Waals surface area contributed by atoms with Crippen LogP contribution < -0.4 is 15.4 Å². The average molecular weight is 737 g/mol. The molecule has 2 amide bonds. The molecule has 14 heteroatoms. The van der Waals surface area contributed by atoms with Crippen LogP contribution in [-0.4, -0.2) is 38.9 Å². The lowest BCUT2D eigenvalue weighted by atomic mass is 10.1. The topological polar surface area (TPSA) is 125 Å². The predicted octanol–water partition coefficient (Wildman–Crippen LogP) is 10.1. The number of anilines is 2. The van der Waals surface area contributed by atoms with Crippen molar-refractivity contribution in [1.29, 1.82) is 0 Å². The van der Waals surface area contributed by atoms with E-state index >= 15 is 0 Å². The van der Waals surface area contributed by atoms with E-state index < -0.39 is 17.6 Å². The normalized spacial score (nSPS) is 11.2. The third-order valence-corrected chi connectivity index (χ3v) is 9.53. The minimum Gasteiger partial charge on any atom is -0.497 e. The minimum atomic E-state index is -4.50. The number of methoxy groups -OCH3 is 1. The van der Waals surface area contributed by atoms with Gasteiger partial charge in [0.15, 0.2) is 0 Å². The number of ether oxygens (including phenoxy) is 1. The predicted molar refractivity (Wildman–Crippen MR) is 199 cm³/mol. The quantitative estimate of drug-likeness (QED) is 0.130. The molecule has 0 fully saturated rings. The Morgan fingerprint density at radius 2 is 1.17 bits per heavy atom. The molecular weight excluding hydrogens is 710 g/mol. The van der Waals surface area contributed by atoms with E-state index in [1.165, 1.54) is 12.1 Å². The molecule has 8 aromatic rings. The fourth-order valence-corrected chi connectivity index (χ4v) is 6.58. The molecule has 0 aliphatic rings. The summed E-state index contributed by atoms with van der Waals surface area (Å²) in [6.45, 7) is 0. The lowest BCUT2D eigenvalue weighted by Crippen LogP contribution is -2.13. The van der Waals surface area contributed by atoms with Gasteiger partial charge in [0.05, 0.1) is 44.5 Å². The van der Waals surface area contributed by atoms with E-state index in [4.69, 9.17) is 4.74 Å². The van der Waals surface area contributed by atoms with Crippen LogP contribution in [-0.2, 0) is 6.18 Å². The molecule has 9 nitrogen and oxygen atoms in total. The highest BCUT2D eigenvalue weighted by Gasteiger charge is 2.31. The number of carbonyl (C=O) groups is 2. The Bertz CT molecular complexity index is 2510. The van der Waals surface area contributed by atoms with Gasteiger partial charge in [0.2, 0.25) is 0 Å². The molecular formula is C38H27F3N6O3S2. The van der Waals surface area contributed by atoms with Crippen LogP contribution in [0.1, 0.15) is 26.3 Å². The van der Waals surface area contributed by atoms with Gasteiger partial charge in [-0.15, -0.1) is 22.7 Å². The van der Waals surface area contributed by atoms with Gasteiger partial charge in [-0.1, -0.05) is 24.3 Å². The van der Waals surface area contributed by atoms with Gasteiger partial charge in [0.25, 0.3) is 11.8 Å². The van der Waals surface area contributed by atoms with Crippen molar-refractivity contribution in [1.82, 2.24) is 19.9 Å². The lowest BCUT2D eigenvalue weighted by Gasteiger charge is -2.09. The molecule has 52 heavy (non-hydrogen) atoms. The van der Waals surface area contributed by atoms with Gasteiger partial charge in [-0.3, -0.25) is 9.59 Å². The number of hydrogen-bond donors (Lipinski definition) is 4. The van der Waals surface area contributed by atoms with E-state index in [1.807, 2.05) is 53.2 Å². The van der Waals surface area contributed by atoms with Crippen molar-refractivity contribution < 1.29 is 27.5 Å². The van der Waals surface area contributed by atoms with E-state index in [1.54, 1.807) is 72.2 Å². The van der Waals surface area contributed by atoms with Crippen molar-refractivity contribution in [2.24, 2.45) is 0 Å². The van der Waals surface area contributed by atoms with E-state index in [0.717, 1.165) is 55.6 Å². The number of aromatic nitrogens is 4. The van der Waals surface area contributed by atoms with Gasteiger partial charge in [-0.25, -0.2) is 9.97 Å². The second kappa shape index (κ2) is 14.5. The summed E-state index contributed by atoms with van der Waals surface area (Å²) < 4.78 is 43.6. The smallest absolute Gasteiger partial charge is 0.416 e. The molecule has 0 atom stereocenters. The zero-order chi connectivity index (χ0) is 36.2. The fourth-order valence-electron chi connectivity index (χ4n) is 5.24. The second-order valence-corrected chi connectivity index (χ2v) is 13.2. The van der Waals surface area contributed by atoms with Crippen LogP contribution in [0.15, 0.2) is 120 Å². The van der Waals surface area contributed by atoms with Crippen LogP contribution >= 0.6 is 22.7 Å². The van der Waals surface area contributed by atoms with Crippen molar-refractivity contribution in [3.63, 3.8) is 0 Å². The van der Waals surface area contributed by atoms with E-state index in [2.05, 4.69) is 30.6 Å². The van der Waals surface area contributed by atoms with Gasteiger partial charge < -0.3 is 25.3 Å². The lowest BCUT2D eigenvalue weighted by molar-refractivity contribution is -0.137. The van der Waals surface area contributed by atoms with Crippen LogP contribution in [0.5, 0.6) is 5.75 Å². The summed E-state index contributed by atoms with van der Waals surface area (Å²) in [6.07, 6.45) is -4.50. The Labute approximate surface area is 302 Å². The summed E-state index contributed by atoms with van der Waals surface area (Å²) in [6, 6.07) is 30.0. The van der Waals surface area contributed by atoms with Crippen LogP contribution in [0.25, 0.3) is 43.5 Å². The zero-order valence-electron chi connectivity index (χ0n) is 27.1. The van der Waals surface area contributed by atoms with Crippen molar-refractivity contribution in [3.05, 3.63) is 137 Å². The number of hydrogen-bond acceptors (Lipinski definition) is 7. The average Bonchev–Trinajstić information content (AvgIpc) is 3.98. The van der Waals surface area contributed by atoms with Gasteiger partial charge in [0, 0.05) is 22.5 Å². The number of nitrogens with one attached hydrogen (secondary N) is 4. The molecule has 4 aromatic heterocycles. The van der Waals surface area contributed by atoms with E-state index in [0.29, 0.717) is 22.7 Å². The molecule has 0 spiro atoms. The molecule has 0 saturated carbocycles. The fraction of sp³-hybridized carbons (Fsp3) is 0.0526. The summed E-state index contributed by atoms with van der Waals surface area (Å²) in [5.41, 5.74) is 4.00. The standard InChI is InChI=1S/C19H12F3N3OS.C19H15N3O2S/c20-19(21,22)12-4-1-3-11(9-12)18(26)23-13-6-7-14-15(10-13)25-17(24-14)16-5-2-8-27-16;1-24-14-5-2-4-12(10-14)19(23)20-13-7-8-15-16(11-13)22-18(21-15)17-6-3-9-25-17/h1-10H,(H,23,26)(H,24,25);2-11H,1H3,(H,20,23)(H,21,22). The first-order valence-electron chi connectivity index (χ1n) is 15.6. The number of thiophene rings is 2. The molecule has 0 aliphatic heterocycles. The van der Waals surface area contributed by atoms with E-state index in [9.17, 15) is 22.8 Å². The molecule has 0 radical (unpaired) electrons. The Morgan fingerprint density at radius 3 is 1.65 bits per heavy atom. The summed E-state index contributed by atoms with van der Waals surface area (Å²) in [4.78, 5) is 42.4. The molecule has 0 unspecified atom stereocenters. The highest BCUT2D eigenvalue weighted by Crippen LogP contribution is 2.31. The monoisotopic (exact) mass is 736 g/mol. The Balaban J connectivity index is 0.000000162. The number of rotatable bonds is 7. The molecule has 260 valence electrons. The largest absolute Gasteiger partial charge is 0.497 e. The third-order valence-electron chi connectivity index (χ3n) is 7.77. The molecule has 4 heterocycles. The van der Waals surface area contributed by atoms with Crippen LogP contribution in [0, 0.1) is 0 Å². The summed E-state index contributed by atoms with van der Waals surface area (Å²) in [5, 5.41) is 9.49. The van der Waals surface area contributed by atoms with Crippen molar-refractivity contribution in [3.8, 4) is 27.2 Å². The molecule has 4 aromatic carbocycles. The maximum Gasteiger partial charge on any atom is 0.416 e. The Kier molecular flexibility index (Phi) is 9.57. The number of H-pyrrole nitrogens is 2. The Hall–Kier alpha value is -6.25. The number of aromatic amines is 2. The maximum atomic E-state index is 12.8. The van der Waals surface area contributed by atoms with Gasteiger partial charge in [-0.05, 0) is 95.7 Å². The third kappa shape index (κ3) is 7.72. The van der Waals surface area contributed by atoms with Crippen molar-refractivity contribution in [2.45, 2.75) is 6.18 Å². The van der Waals surface area contributed by atoms with E-state index in [-0.39, 0.29) is 11.5 Å². The van der Waals surface area contributed by atoms with Crippen LogP contribution in [0.2, 0.25) is 0 Å². The number of carbonyl (C=O) groups excluding carboxylic acids is 2. The highest BCUT2D eigenvalue weighted by atomic mass is 32.1. The number of amides is 2. The van der Waals surface area contributed by atoms with Crippen molar-refractivity contribution >= 4 is 67.9 Å². The zero-order valence-corrected chi connectivity index (χ0v) is 28.7. The summed E-state index contributed by atoms with van der Waals surface area (Å²) in [5.74, 6) is 1.41. The number of nitrogens with zero attached hydrogens (tertiary/aromatic N) is 2. The number of halogens is 3. The molecule has 0 aliphatic carbocycles. The van der Waals surface area contributed by atoms with Crippen molar-refractivity contribution in [2.75, 3.05) is 17.7 Å². The number of imidazole rings is 2. The maximum absolute atomic E-state index is 12.8. The van der Waals surface area contributed by atoms with Gasteiger partial charge >= 0.3 is 6.18 Å². The number of benzene rings is 4. The summed E-state index contributed by atoms with van der Waals surface area (Å²) >= 11 is 3.18. The molecule has 8 rings (SSSR count). The second-order valence-electron chi connectivity index (χ2n) is 11.3. The number of alkyl halides is 3. The molecule has 4 N–H and O–H groups in total. The summed E-state index contributed by atoms with van der Waals surface area (Å²) in [7, 11) is 1.58. The Morgan fingerprint density at radius 1 is 0.654 bits per heavy atom. The first kappa shape index (κ1) is 34.2. The first-order chi connectivity index (χ1) is 25.1. The number of fused-ring (bicyclic) bond motifs is 2. The highest BCUT2D eigenvalue weighted by molar-refractivity contribution is 7.13. The van der Waals surface area contributed by atoms with Crippen LogP contribution in [0.4, 0.5) is 24.5 Å². The SMILES string of the molecule is COc1cccc(C(=O)Nc2ccc3nc(-c4cccs4)[nH]c3c2)c1.O=C(Nc1ccc2nc(-c3cccs3)[nH]c2c1)c1cccc(C(F)(F)F)c1. The van der Waals surface area contributed by atoms with Gasteiger partial charge in [0.1, 0.15) is 17.4 Å². The minimum absolute atomic E-state index is 0.0613. The van der Waals surface area contributed by atoms with Gasteiger partial charge in [-0.2, -0.15) is 13.2 Å².